The third kappa shape index (κ3) is 1.92. The summed E-state index contributed by atoms with van der Waals surface area (Å²) in [6, 6.07) is 1.63. The SMILES string of the molecule is C#Cc1c(B2OC(C)(C)C(C)(C)O2)ccnc1F. The second kappa shape index (κ2) is 4.08. The van der Waals surface area contributed by atoms with Crippen LogP contribution < -0.4 is 5.46 Å². The molecule has 0 saturated carbocycles. The molecule has 1 aliphatic rings. The first-order chi connectivity index (χ1) is 8.28. The fourth-order valence-electron chi connectivity index (χ4n) is 1.76. The molecule has 0 aromatic carbocycles. The van der Waals surface area contributed by atoms with Crippen molar-refractivity contribution in [3.05, 3.63) is 23.8 Å². The van der Waals surface area contributed by atoms with E-state index in [9.17, 15) is 4.39 Å². The zero-order valence-electron chi connectivity index (χ0n) is 11.0. The highest BCUT2D eigenvalue weighted by atomic mass is 19.1. The molecule has 0 radical (unpaired) electrons. The summed E-state index contributed by atoms with van der Waals surface area (Å²) >= 11 is 0. The van der Waals surface area contributed by atoms with E-state index in [1.54, 1.807) is 6.07 Å². The number of halogens is 1. The molecular formula is C13H15BFNO2. The topological polar surface area (TPSA) is 31.4 Å². The number of nitrogens with zero attached hydrogens (tertiary/aromatic N) is 1. The molecule has 1 aliphatic heterocycles. The number of hydrogen-bond acceptors (Lipinski definition) is 3. The highest BCUT2D eigenvalue weighted by Gasteiger charge is 2.52. The van der Waals surface area contributed by atoms with Crippen LogP contribution in [0, 0.1) is 18.3 Å². The minimum atomic E-state index is -0.676. The summed E-state index contributed by atoms with van der Waals surface area (Å²) < 4.78 is 25.2. The minimum absolute atomic E-state index is 0.0935. The van der Waals surface area contributed by atoms with E-state index in [2.05, 4.69) is 10.9 Å². The van der Waals surface area contributed by atoms with Gasteiger partial charge in [-0.05, 0) is 33.8 Å². The van der Waals surface area contributed by atoms with Crippen molar-refractivity contribution in [3.8, 4) is 12.3 Å². The van der Waals surface area contributed by atoms with Crippen molar-refractivity contribution in [1.29, 1.82) is 0 Å². The average molecular weight is 247 g/mol. The van der Waals surface area contributed by atoms with E-state index >= 15 is 0 Å². The van der Waals surface area contributed by atoms with Crippen molar-refractivity contribution in [2.75, 3.05) is 0 Å². The van der Waals surface area contributed by atoms with Crippen molar-refractivity contribution >= 4 is 12.6 Å². The third-order valence-electron chi connectivity index (χ3n) is 3.59. The third-order valence-corrected chi connectivity index (χ3v) is 3.59. The maximum Gasteiger partial charge on any atom is 0.496 e. The number of terminal acetylenes is 1. The van der Waals surface area contributed by atoms with Crippen molar-refractivity contribution in [2.24, 2.45) is 0 Å². The summed E-state index contributed by atoms with van der Waals surface area (Å²) in [5.74, 6) is 1.62. The number of hydrogen-bond donors (Lipinski definition) is 0. The quantitative estimate of drug-likeness (QED) is 0.428. The Bertz CT molecular complexity index is 506. The van der Waals surface area contributed by atoms with Crippen LogP contribution in [0.1, 0.15) is 33.3 Å². The summed E-state index contributed by atoms with van der Waals surface area (Å²) in [4.78, 5) is 3.53. The molecule has 1 aromatic heterocycles. The van der Waals surface area contributed by atoms with Crippen LogP contribution >= 0.6 is 0 Å². The van der Waals surface area contributed by atoms with Gasteiger partial charge in [0.25, 0.3) is 0 Å². The van der Waals surface area contributed by atoms with Crippen LogP contribution in [0.2, 0.25) is 0 Å². The maximum absolute atomic E-state index is 13.5. The molecule has 3 nitrogen and oxygen atoms in total. The molecule has 0 bridgehead atoms. The molecule has 0 N–H and O–H groups in total. The Kier molecular flexibility index (Phi) is 2.96. The molecule has 18 heavy (non-hydrogen) atoms. The first-order valence-electron chi connectivity index (χ1n) is 5.75. The number of rotatable bonds is 1. The molecule has 1 aromatic rings. The van der Waals surface area contributed by atoms with Gasteiger partial charge in [-0.2, -0.15) is 4.39 Å². The highest BCUT2D eigenvalue weighted by molar-refractivity contribution is 6.62. The molecule has 2 rings (SSSR count). The second-order valence-electron chi connectivity index (χ2n) is 5.30. The van der Waals surface area contributed by atoms with Gasteiger partial charge in [0.1, 0.15) is 0 Å². The van der Waals surface area contributed by atoms with Crippen molar-refractivity contribution in [3.63, 3.8) is 0 Å². The summed E-state index contributed by atoms with van der Waals surface area (Å²) in [5, 5.41) is 0. The van der Waals surface area contributed by atoms with Gasteiger partial charge in [0.15, 0.2) is 0 Å². The van der Waals surface area contributed by atoms with Crippen LogP contribution in [-0.2, 0) is 9.31 Å². The van der Waals surface area contributed by atoms with Crippen molar-refractivity contribution < 1.29 is 13.7 Å². The lowest BCUT2D eigenvalue weighted by Gasteiger charge is -2.32. The Labute approximate surface area is 107 Å². The Hall–Kier alpha value is -1.38. The van der Waals surface area contributed by atoms with E-state index in [0.29, 0.717) is 5.46 Å². The molecule has 5 heteroatoms. The molecule has 0 unspecified atom stereocenters. The van der Waals surface area contributed by atoms with Crippen LogP contribution in [0.5, 0.6) is 0 Å². The Morgan fingerprint density at radius 1 is 1.28 bits per heavy atom. The molecule has 1 saturated heterocycles. The lowest BCUT2D eigenvalue weighted by atomic mass is 9.77. The summed E-state index contributed by atoms with van der Waals surface area (Å²) in [6.07, 6.45) is 6.67. The summed E-state index contributed by atoms with van der Waals surface area (Å²) in [6.45, 7) is 7.72. The number of pyridine rings is 1. The fraction of sp³-hybridized carbons (Fsp3) is 0.462. The van der Waals surface area contributed by atoms with Gasteiger partial charge >= 0.3 is 7.12 Å². The summed E-state index contributed by atoms with van der Waals surface area (Å²) in [7, 11) is -0.668. The van der Waals surface area contributed by atoms with Gasteiger partial charge in [0, 0.05) is 11.7 Å². The Balaban J connectivity index is 2.42. The lowest BCUT2D eigenvalue weighted by molar-refractivity contribution is 0.00578. The number of aromatic nitrogens is 1. The zero-order valence-corrected chi connectivity index (χ0v) is 11.0. The smallest absolute Gasteiger partial charge is 0.399 e. The molecule has 0 atom stereocenters. The molecular weight excluding hydrogens is 232 g/mol. The van der Waals surface area contributed by atoms with Gasteiger partial charge < -0.3 is 9.31 Å². The normalized spacial score (nSPS) is 20.8. The molecule has 0 aliphatic carbocycles. The van der Waals surface area contributed by atoms with E-state index in [4.69, 9.17) is 15.7 Å². The fourth-order valence-corrected chi connectivity index (χ4v) is 1.76. The Morgan fingerprint density at radius 3 is 2.33 bits per heavy atom. The van der Waals surface area contributed by atoms with Gasteiger partial charge in [-0.1, -0.05) is 5.92 Å². The molecule has 1 fully saturated rings. The van der Waals surface area contributed by atoms with Gasteiger partial charge in [-0.25, -0.2) is 4.98 Å². The second-order valence-corrected chi connectivity index (χ2v) is 5.30. The minimum Gasteiger partial charge on any atom is -0.399 e. The molecule has 2 heterocycles. The monoisotopic (exact) mass is 247 g/mol. The molecule has 0 amide bonds. The van der Waals surface area contributed by atoms with E-state index in [0.717, 1.165) is 0 Å². The predicted molar refractivity (Wildman–Crippen MR) is 67.8 cm³/mol. The first-order valence-corrected chi connectivity index (χ1v) is 5.75. The van der Waals surface area contributed by atoms with Gasteiger partial charge in [0.2, 0.25) is 5.95 Å². The van der Waals surface area contributed by atoms with E-state index in [1.165, 1.54) is 6.20 Å². The van der Waals surface area contributed by atoms with E-state index < -0.39 is 24.3 Å². The molecule has 0 spiro atoms. The maximum atomic E-state index is 13.5. The van der Waals surface area contributed by atoms with E-state index in [1.807, 2.05) is 27.7 Å². The zero-order chi connectivity index (χ0) is 13.6. The van der Waals surface area contributed by atoms with Crippen LogP contribution in [0.4, 0.5) is 4.39 Å². The van der Waals surface area contributed by atoms with Crippen LogP contribution in [0.3, 0.4) is 0 Å². The first kappa shape index (κ1) is 13.1. The predicted octanol–water partition coefficient (Wildman–Crippen LogP) is 1.50. The van der Waals surface area contributed by atoms with Crippen molar-refractivity contribution in [2.45, 2.75) is 38.9 Å². The van der Waals surface area contributed by atoms with E-state index in [-0.39, 0.29) is 5.56 Å². The Morgan fingerprint density at radius 2 is 1.83 bits per heavy atom. The van der Waals surface area contributed by atoms with Gasteiger partial charge in [0.05, 0.1) is 16.8 Å². The van der Waals surface area contributed by atoms with Crippen LogP contribution in [0.25, 0.3) is 0 Å². The standard InChI is InChI=1S/C13H15BFNO2/c1-6-9-10(7-8-16-11(9)15)14-17-12(2,3)13(4,5)18-14/h1,7-8H,2-5H3. The molecule has 94 valence electrons. The van der Waals surface area contributed by atoms with Crippen molar-refractivity contribution in [1.82, 2.24) is 4.98 Å². The van der Waals surface area contributed by atoms with Gasteiger partial charge in [-0.3, -0.25) is 0 Å². The highest BCUT2D eigenvalue weighted by Crippen LogP contribution is 2.36. The van der Waals surface area contributed by atoms with Gasteiger partial charge in [-0.15, -0.1) is 6.42 Å². The lowest BCUT2D eigenvalue weighted by Crippen LogP contribution is -2.41. The van der Waals surface area contributed by atoms with Crippen LogP contribution in [0.15, 0.2) is 12.3 Å². The van der Waals surface area contributed by atoms with Crippen LogP contribution in [-0.4, -0.2) is 23.3 Å². The average Bonchev–Trinajstić information content (AvgIpc) is 2.47. The summed E-state index contributed by atoms with van der Waals surface area (Å²) in [5.41, 5.74) is -0.369. The largest absolute Gasteiger partial charge is 0.496 e.